The van der Waals surface area contributed by atoms with Crippen molar-refractivity contribution in [2.24, 2.45) is 10.1 Å². The molecular weight excluding hydrogens is 286 g/mol. The minimum Gasteiger partial charge on any atom is -0.410 e. The summed E-state index contributed by atoms with van der Waals surface area (Å²) in [4.78, 5) is 4.07. The minimum atomic E-state index is 0.280. The molecule has 0 heterocycles. The van der Waals surface area contributed by atoms with Gasteiger partial charge in [-0.1, -0.05) is 53.7 Å². The molecule has 0 saturated heterocycles. The first kappa shape index (κ1) is 15.1. The van der Waals surface area contributed by atoms with E-state index < -0.39 is 0 Å². The number of amidine groups is 1. The number of halogens is 1. The molecule has 21 heavy (non-hydrogen) atoms. The molecule has 4 nitrogen and oxygen atoms in total. The first-order chi connectivity index (χ1) is 10.3. The van der Waals surface area contributed by atoms with Gasteiger partial charge in [0.2, 0.25) is 0 Å². The Morgan fingerprint density at radius 2 is 1.76 bits per heavy atom. The van der Waals surface area contributed by atoms with Crippen molar-refractivity contribution in [3.05, 3.63) is 65.7 Å². The number of benzene rings is 2. The van der Waals surface area contributed by atoms with E-state index in [0.717, 1.165) is 16.8 Å². The molecule has 0 radical (unpaired) electrons. The highest BCUT2D eigenvalue weighted by molar-refractivity contribution is 6.30. The van der Waals surface area contributed by atoms with Crippen LogP contribution in [0.15, 0.2) is 64.7 Å². The monoisotopic (exact) mass is 301 g/mol. The molecular formula is C16H16ClN3O. The Hall–Kier alpha value is -2.33. The minimum absolute atomic E-state index is 0.280. The van der Waals surface area contributed by atoms with E-state index in [1.54, 1.807) is 7.05 Å². The Bertz CT molecular complexity index is 654. The van der Waals surface area contributed by atoms with E-state index in [4.69, 9.17) is 11.6 Å². The molecule has 108 valence electrons. The number of hydrogen-bond acceptors (Lipinski definition) is 3. The summed E-state index contributed by atoms with van der Waals surface area (Å²) in [7, 11) is 1.67. The third-order valence-electron chi connectivity index (χ3n) is 3.00. The van der Waals surface area contributed by atoms with E-state index in [-0.39, 0.29) is 5.88 Å². The van der Waals surface area contributed by atoms with Crippen LogP contribution in [0, 0.1) is 0 Å². The third-order valence-corrected chi connectivity index (χ3v) is 3.26. The van der Waals surface area contributed by atoms with Crippen molar-refractivity contribution in [3.63, 3.8) is 0 Å². The third kappa shape index (κ3) is 3.61. The van der Waals surface area contributed by atoms with Gasteiger partial charge in [-0.05, 0) is 6.07 Å². The molecule has 0 aliphatic heterocycles. The quantitative estimate of drug-likeness (QED) is 0.298. The number of hydrogen-bond donors (Lipinski definition) is 2. The van der Waals surface area contributed by atoms with Gasteiger partial charge in [-0.15, -0.1) is 11.6 Å². The molecule has 0 aliphatic rings. The van der Waals surface area contributed by atoms with Gasteiger partial charge in [0.05, 0.1) is 5.88 Å². The van der Waals surface area contributed by atoms with Crippen LogP contribution in [0.1, 0.15) is 11.1 Å². The smallest absolute Gasteiger partial charge is 0.119 e. The average Bonchev–Trinajstić information content (AvgIpc) is 2.55. The lowest BCUT2D eigenvalue weighted by molar-refractivity contribution is 0.319. The number of anilines is 1. The Morgan fingerprint density at radius 1 is 1.10 bits per heavy atom. The van der Waals surface area contributed by atoms with Crippen LogP contribution in [-0.4, -0.2) is 29.7 Å². The lowest BCUT2D eigenvalue weighted by Crippen LogP contribution is -2.16. The van der Waals surface area contributed by atoms with Gasteiger partial charge < -0.3 is 10.5 Å². The van der Waals surface area contributed by atoms with E-state index in [9.17, 15) is 5.21 Å². The van der Waals surface area contributed by atoms with Gasteiger partial charge in [-0.3, -0.25) is 4.99 Å². The van der Waals surface area contributed by atoms with Crippen molar-refractivity contribution in [1.29, 1.82) is 0 Å². The lowest BCUT2D eigenvalue weighted by Gasteiger charge is -2.13. The zero-order valence-corrected chi connectivity index (χ0v) is 12.4. The molecule has 0 bridgehead atoms. The molecule has 2 N–H and O–H groups in total. The second kappa shape index (κ2) is 7.45. The molecule has 0 aromatic heterocycles. The molecule has 0 saturated carbocycles. The predicted octanol–water partition coefficient (Wildman–Crippen LogP) is 3.59. The van der Waals surface area contributed by atoms with Crippen LogP contribution in [0.2, 0.25) is 0 Å². The summed E-state index contributed by atoms with van der Waals surface area (Å²) in [6.45, 7) is 0. The highest BCUT2D eigenvalue weighted by Crippen LogP contribution is 2.20. The van der Waals surface area contributed by atoms with Crippen molar-refractivity contribution in [2.45, 2.75) is 0 Å². The molecule has 0 aliphatic carbocycles. The van der Waals surface area contributed by atoms with E-state index in [0.29, 0.717) is 11.5 Å². The number of para-hydroxylation sites is 1. The zero-order chi connectivity index (χ0) is 15.1. The summed E-state index contributed by atoms with van der Waals surface area (Å²) in [5.41, 5.74) is 2.88. The second-order valence-electron chi connectivity index (χ2n) is 4.29. The maximum Gasteiger partial charge on any atom is 0.119 e. The van der Waals surface area contributed by atoms with Gasteiger partial charge in [-0.25, -0.2) is 0 Å². The highest BCUT2D eigenvalue weighted by atomic mass is 35.5. The lowest BCUT2D eigenvalue weighted by atomic mass is 10.0. The number of nitrogens with one attached hydrogen (secondary N) is 1. The van der Waals surface area contributed by atoms with Gasteiger partial charge >= 0.3 is 0 Å². The fourth-order valence-corrected chi connectivity index (χ4v) is 2.15. The van der Waals surface area contributed by atoms with E-state index in [2.05, 4.69) is 15.5 Å². The van der Waals surface area contributed by atoms with Gasteiger partial charge in [0.1, 0.15) is 11.5 Å². The van der Waals surface area contributed by atoms with Gasteiger partial charge in [-0.2, -0.15) is 0 Å². The van der Waals surface area contributed by atoms with Crippen molar-refractivity contribution < 1.29 is 5.21 Å². The van der Waals surface area contributed by atoms with Gasteiger partial charge in [0.15, 0.2) is 0 Å². The second-order valence-corrected chi connectivity index (χ2v) is 4.56. The fraction of sp³-hybridized carbons (Fsp3) is 0.125. The fourth-order valence-electron chi connectivity index (χ4n) is 1.97. The van der Waals surface area contributed by atoms with Crippen molar-refractivity contribution >= 4 is 28.8 Å². The standard InChI is InChI=1S/C16H16ClN3O/c1-18-15(11-17)19-14-10-6-5-9-13(14)16(20-21)12-7-3-2-4-8-12/h2-10,21H,11H2,1H3,(H,18,19)/b20-16+. The number of aliphatic imine (C=N–C) groups is 1. The maximum atomic E-state index is 9.41. The van der Waals surface area contributed by atoms with Crippen LogP contribution >= 0.6 is 11.6 Å². The number of oxime groups is 1. The molecule has 0 spiro atoms. The number of rotatable bonds is 4. The topological polar surface area (TPSA) is 57.0 Å². The van der Waals surface area contributed by atoms with Crippen LogP contribution < -0.4 is 5.32 Å². The number of alkyl halides is 1. The summed E-state index contributed by atoms with van der Waals surface area (Å²) in [6, 6.07) is 17.0. The van der Waals surface area contributed by atoms with Crippen LogP contribution in [0.25, 0.3) is 0 Å². The molecule has 2 rings (SSSR count). The SMILES string of the molecule is CN=C(CCl)Nc1ccccc1/C(=N/O)c1ccccc1. The van der Waals surface area contributed by atoms with Gasteiger partial charge in [0, 0.05) is 23.9 Å². The van der Waals surface area contributed by atoms with Crippen LogP contribution in [0.3, 0.4) is 0 Å². The van der Waals surface area contributed by atoms with Gasteiger partial charge in [0.25, 0.3) is 0 Å². The van der Waals surface area contributed by atoms with E-state index in [1.807, 2.05) is 54.6 Å². The molecule has 0 atom stereocenters. The maximum absolute atomic E-state index is 9.41. The van der Waals surface area contributed by atoms with Crippen molar-refractivity contribution in [1.82, 2.24) is 0 Å². The summed E-state index contributed by atoms with van der Waals surface area (Å²) in [6.07, 6.45) is 0. The van der Waals surface area contributed by atoms with Crippen molar-refractivity contribution in [3.8, 4) is 0 Å². The highest BCUT2D eigenvalue weighted by Gasteiger charge is 2.12. The summed E-state index contributed by atoms with van der Waals surface area (Å²) >= 11 is 5.83. The molecule has 0 amide bonds. The Morgan fingerprint density at radius 3 is 2.38 bits per heavy atom. The first-order valence-electron chi connectivity index (χ1n) is 6.45. The molecule has 0 unspecified atom stereocenters. The zero-order valence-electron chi connectivity index (χ0n) is 11.6. The Balaban J connectivity index is 2.44. The normalized spacial score (nSPS) is 12.3. The molecule has 2 aromatic rings. The molecule has 2 aromatic carbocycles. The summed E-state index contributed by atoms with van der Waals surface area (Å²) in [5, 5.41) is 16.0. The summed E-state index contributed by atoms with van der Waals surface area (Å²) < 4.78 is 0. The number of nitrogens with zero attached hydrogens (tertiary/aromatic N) is 2. The van der Waals surface area contributed by atoms with Crippen LogP contribution in [-0.2, 0) is 0 Å². The predicted molar refractivity (Wildman–Crippen MR) is 88.0 cm³/mol. The largest absolute Gasteiger partial charge is 0.410 e. The van der Waals surface area contributed by atoms with Crippen molar-refractivity contribution in [2.75, 3.05) is 18.2 Å². The Kier molecular flexibility index (Phi) is 5.35. The van der Waals surface area contributed by atoms with Crippen LogP contribution in [0.4, 0.5) is 5.69 Å². The average molecular weight is 302 g/mol. The molecule has 5 heteroatoms. The van der Waals surface area contributed by atoms with E-state index >= 15 is 0 Å². The van der Waals surface area contributed by atoms with E-state index in [1.165, 1.54) is 0 Å². The summed E-state index contributed by atoms with van der Waals surface area (Å²) in [5.74, 6) is 0.927. The Labute approximate surface area is 128 Å². The molecule has 0 fully saturated rings. The first-order valence-corrected chi connectivity index (χ1v) is 6.99. The van der Waals surface area contributed by atoms with Crippen LogP contribution in [0.5, 0.6) is 0 Å².